The van der Waals surface area contributed by atoms with Gasteiger partial charge in [-0.15, -0.1) is 10.2 Å². The maximum Gasteiger partial charge on any atom is 0.223 e. The van der Waals surface area contributed by atoms with Crippen LogP contribution in [0.1, 0.15) is 56.5 Å². The molecule has 1 saturated heterocycles. The first-order chi connectivity index (χ1) is 11.6. The van der Waals surface area contributed by atoms with Crippen LogP contribution in [-0.2, 0) is 17.6 Å². The minimum Gasteiger partial charge on any atom is -0.425 e. The Kier molecular flexibility index (Phi) is 5.27. The minimum absolute atomic E-state index is 0.175. The molecule has 0 saturated carbocycles. The Bertz CT molecular complexity index is 650. The van der Waals surface area contributed by atoms with Crippen LogP contribution in [0, 0.1) is 5.92 Å². The Morgan fingerprint density at radius 1 is 1.46 bits per heavy atom. The van der Waals surface area contributed by atoms with Gasteiger partial charge in [0.1, 0.15) is 0 Å². The molecule has 1 aliphatic heterocycles. The van der Waals surface area contributed by atoms with E-state index in [4.69, 9.17) is 4.42 Å². The van der Waals surface area contributed by atoms with Gasteiger partial charge in [-0.05, 0) is 31.2 Å². The average molecular weight is 331 g/mol. The molecule has 2 aromatic heterocycles. The number of aromatic nitrogens is 4. The van der Waals surface area contributed by atoms with Gasteiger partial charge >= 0.3 is 0 Å². The van der Waals surface area contributed by atoms with Crippen molar-refractivity contribution in [2.24, 2.45) is 5.92 Å². The van der Waals surface area contributed by atoms with Crippen LogP contribution in [0.3, 0.4) is 0 Å². The molecule has 0 spiro atoms. The lowest BCUT2D eigenvalue weighted by Gasteiger charge is -2.32. The molecule has 0 bridgehead atoms. The first kappa shape index (κ1) is 16.7. The van der Waals surface area contributed by atoms with E-state index in [2.05, 4.69) is 20.4 Å². The Morgan fingerprint density at radius 2 is 2.33 bits per heavy atom. The highest BCUT2D eigenvalue weighted by molar-refractivity contribution is 5.76. The first-order valence-corrected chi connectivity index (χ1v) is 8.70. The van der Waals surface area contributed by atoms with Crippen LogP contribution < -0.4 is 0 Å². The topological polar surface area (TPSA) is 87.9 Å². The predicted molar refractivity (Wildman–Crippen MR) is 88.3 cm³/mol. The second kappa shape index (κ2) is 7.59. The second-order valence-electron chi connectivity index (χ2n) is 6.82. The van der Waals surface area contributed by atoms with Crippen LogP contribution in [-0.4, -0.2) is 44.3 Å². The van der Waals surface area contributed by atoms with Gasteiger partial charge in [-0.2, -0.15) is 5.10 Å². The first-order valence-electron chi connectivity index (χ1n) is 8.70. The average Bonchev–Trinajstić information content (AvgIpc) is 3.24. The van der Waals surface area contributed by atoms with Crippen molar-refractivity contribution in [1.29, 1.82) is 0 Å². The zero-order valence-corrected chi connectivity index (χ0v) is 14.4. The third-order valence-electron chi connectivity index (χ3n) is 4.47. The molecule has 130 valence electrons. The molecular weight excluding hydrogens is 306 g/mol. The van der Waals surface area contributed by atoms with Crippen molar-refractivity contribution in [2.45, 2.75) is 51.9 Å². The highest BCUT2D eigenvalue weighted by Crippen LogP contribution is 2.21. The van der Waals surface area contributed by atoms with Gasteiger partial charge in [0.05, 0.1) is 0 Å². The third kappa shape index (κ3) is 4.21. The Morgan fingerprint density at radius 3 is 3.04 bits per heavy atom. The molecule has 7 heteroatoms. The summed E-state index contributed by atoms with van der Waals surface area (Å²) in [4.78, 5) is 14.5. The van der Waals surface area contributed by atoms with Crippen LogP contribution >= 0.6 is 0 Å². The molecule has 1 amide bonds. The number of aromatic amines is 1. The summed E-state index contributed by atoms with van der Waals surface area (Å²) in [5.41, 5.74) is 1.14. The molecule has 1 N–H and O–H groups in total. The van der Waals surface area contributed by atoms with E-state index in [0.29, 0.717) is 30.5 Å². The number of hydrogen-bond acceptors (Lipinski definition) is 5. The number of hydrogen-bond donors (Lipinski definition) is 1. The smallest absolute Gasteiger partial charge is 0.223 e. The van der Waals surface area contributed by atoms with Crippen molar-refractivity contribution in [3.63, 3.8) is 0 Å². The monoisotopic (exact) mass is 331 g/mol. The molecule has 1 fully saturated rings. The van der Waals surface area contributed by atoms with Gasteiger partial charge in [-0.25, -0.2) is 0 Å². The van der Waals surface area contributed by atoms with Crippen molar-refractivity contribution >= 4 is 5.91 Å². The SMILES string of the molecule is CC(C)c1nnc(CCC(=O)N2CCCC(Cc3ccn[nH]3)C2)o1. The van der Waals surface area contributed by atoms with E-state index in [1.807, 2.05) is 24.8 Å². The number of carbonyl (C=O) groups is 1. The lowest BCUT2D eigenvalue weighted by atomic mass is 9.93. The summed E-state index contributed by atoms with van der Waals surface area (Å²) in [7, 11) is 0. The molecule has 24 heavy (non-hydrogen) atoms. The molecule has 3 rings (SSSR count). The number of nitrogens with zero attached hydrogens (tertiary/aromatic N) is 4. The van der Waals surface area contributed by atoms with Crippen molar-refractivity contribution in [1.82, 2.24) is 25.3 Å². The Balaban J connectivity index is 1.48. The fraction of sp³-hybridized carbons (Fsp3) is 0.647. The second-order valence-corrected chi connectivity index (χ2v) is 6.82. The number of amides is 1. The number of likely N-dealkylation sites (tertiary alicyclic amines) is 1. The molecule has 2 aromatic rings. The molecule has 1 aliphatic rings. The van der Waals surface area contributed by atoms with Crippen LogP contribution in [0.25, 0.3) is 0 Å². The highest BCUT2D eigenvalue weighted by atomic mass is 16.4. The van der Waals surface area contributed by atoms with Crippen LogP contribution in [0.15, 0.2) is 16.7 Å². The van der Waals surface area contributed by atoms with Crippen molar-refractivity contribution in [2.75, 3.05) is 13.1 Å². The van der Waals surface area contributed by atoms with Crippen molar-refractivity contribution < 1.29 is 9.21 Å². The zero-order valence-electron chi connectivity index (χ0n) is 14.4. The molecular formula is C17H25N5O2. The summed E-state index contributed by atoms with van der Waals surface area (Å²) < 4.78 is 5.57. The summed E-state index contributed by atoms with van der Waals surface area (Å²) in [6.07, 6.45) is 5.88. The fourth-order valence-electron chi connectivity index (χ4n) is 3.14. The quantitative estimate of drug-likeness (QED) is 0.877. The highest BCUT2D eigenvalue weighted by Gasteiger charge is 2.24. The van der Waals surface area contributed by atoms with Gasteiger partial charge in [0.25, 0.3) is 0 Å². The maximum atomic E-state index is 12.5. The van der Waals surface area contributed by atoms with Gasteiger partial charge in [0, 0.05) is 43.7 Å². The van der Waals surface area contributed by atoms with Gasteiger partial charge in [-0.3, -0.25) is 9.89 Å². The lowest BCUT2D eigenvalue weighted by Crippen LogP contribution is -2.40. The van der Waals surface area contributed by atoms with Crippen LogP contribution in [0.5, 0.6) is 0 Å². The molecule has 7 nitrogen and oxygen atoms in total. The zero-order chi connectivity index (χ0) is 16.9. The summed E-state index contributed by atoms with van der Waals surface area (Å²) in [6, 6.07) is 2.00. The summed E-state index contributed by atoms with van der Waals surface area (Å²) in [6.45, 7) is 5.68. The van der Waals surface area contributed by atoms with E-state index in [-0.39, 0.29) is 11.8 Å². The standard InChI is InChI=1S/C17H25N5O2/c1-12(2)17-21-20-15(24-17)5-6-16(23)22-9-3-4-13(11-22)10-14-7-8-18-19-14/h7-8,12-13H,3-6,9-11H2,1-2H3,(H,18,19). The number of aryl methyl sites for hydroxylation is 1. The predicted octanol–water partition coefficient (Wildman–Crippen LogP) is 2.33. The Hall–Kier alpha value is -2.18. The normalized spacial score (nSPS) is 18.3. The van der Waals surface area contributed by atoms with Crippen LogP contribution in [0.4, 0.5) is 0 Å². The van der Waals surface area contributed by atoms with Crippen molar-refractivity contribution in [3.05, 3.63) is 29.7 Å². The number of H-pyrrole nitrogens is 1. The van der Waals surface area contributed by atoms with E-state index in [1.54, 1.807) is 6.20 Å². The third-order valence-corrected chi connectivity index (χ3v) is 4.47. The number of nitrogens with one attached hydrogen (secondary N) is 1. The fourth-order valence-corrected chi connectivity index (χ4v) is 3.14. The Labute approximate surface area is 141 Å². The van der Waals surface area contributed by atoms with Crippen molar-refractivity contribution in [3.8, 4) is 0 Å². The van der Waals surface area contributed by atoms with E-state index in [9.17, 15) is 4.79 Å². The van der Waals surface area contributed by atoms with Gasteiger partial charge in [0.2, 0.25) is 17.7 Å². The van der Waals surface area contributed by atoms with Gasteiger partial charge in [-0.1, -0.05) is 13.8 Å². The van der Waals surface area contributed by atoms with E-state index >= 15 is 0 Å². The number of rotatable bonds is 6. The summed E-state index contributed by atoms with van der Waals surface area (Å²) >= 11 is 0. The lowest BCUT2D eigenvalue weighted by molar-refractivity contribution is -0.133. The molecule has 1 atom stereocenters. The molecule has 3 heterocycles. The summed E-state index contributed by atoms with van der Waals surface area (Å²) in [5, 5.41) is 15.0. The largest absolute Gasteiger partial charge is 0.425 e. The number of piperidine rings is 1. The van der Waals surface area contributed by atoms with E-state index < -0.39 is 0 Å². The molecule has 0 aliphatic carbocycles. The van der Waals surface area contributed by atoms with E-state index in [1.165, 1.54) is 0 Å². The van der Waals surface area contributed by atoms with Gasteiger partial charge < -0.3 is 9.32 Å². The summed E-state index contributed by atoms with van der Waals surface area (Å²) in [5.74, 6) is 2.08. The number of carbonyl (C=O) groups excluding carboxylic acids is 1. The van der Waals surface area contributed by atoms with E-state index in [0.717, 1.165) is 38.0 Å². The molecule has 1 unspecified atom stereocenters. The minimum atomic E-state index is 0.175. The van der Waals surface area contributed by atoms with Crippen LogP contribution in [0.2, 0.25) is 0 Å². The molecule has 0 radical (unpaired) electrons. The van der Waals surface area contributed by atoms with Gasteiger partial charge in [0.15, 0.2) is 0 Å². The maximum absolute atomic E-state index is 12.5. The molecule has 0 aromatic carbocycles.